The third-order valence-electron chi connectivity index (χ3n) is 5.41. The second kappa shape index (κ2) is 9.70. The number of hydrogen-bond acceptors (Lipinski definition) is 6. The van der Waals surface area contributed by atoms with Crippen molar-refractivity contribution in [3.63, 3.8) is 0 Å². The van der Waals surface area contributed by atoms with Crippen molar-refractivity contribution in [3.05, 3.63) is 58.9 Å². The van der Waals surface area contributed by atoms with Gasteiger partial charge in [0.2, 0.25) is 0 Å². The fraction of sp³-hybridized carbons (Fsp3) is 0.333. The average molecular weight is 508 g/mol. The maximum Gasteiger partial charge on any atom is 0.417 e. The van der Waals surface area contributed by atoms with Crippen LogP contribution in [0.5, 0.6) is 0 Å². The van der Waals surface area contributed by atoms with Crippen LogP contribution in [0.4, 0.5) is 23.2 Å². The van der Waals surface area contributed by atoms with Crippen molar-refractivity contribution in [3.8, 4) is 6.07 Å². The van der Waals surface area contributed by atoms with Gasteiger partial charge in [-0.15, -0.1) is 0 Å². The summed E-state index contributed by atoms with van der Waals surface area (Å²) in [6.45, 7) is 6.56. The molecule has 1 amide bonds. The summed E-state index contributed by atoms with van der Waals surface area (Å²) in [5.74, 6) is -2.29. The van der Waals surface area contributed by atoms with Gasteiger partial charge in [-0.05, 0) is 63.6 Å². The average Bonchev–Trinajstić information content (AvgIpc) is 3.00. The van der Waals surface area contributed by atoms with Gasteiger partial charge in [0.15, 0.2) is 5.17 Å². The summed E-state index contributed by atoms with van der Waals surface area (Å²) in [5.41, 5.74) is -3.03. The minimum absolute atomic E-state index is 0.0205. The molecule has 35 heavy (non-hydrogen) atoms. The Morgan fingerprint density at radius 3 is 2.51 bits per heavy atom. The highest BCUT2D eigenvalue weighted by Gasteiger charge is 2.44. The molecule has 0 saturated heterocycles. The molecule has 1 atom stereocenters. The minimum atomic E-state index is -4.75. The zero-order valence-corrected chi connectivity index (χ0v) is 20.1. The Labute approximate surface area is 203 Å². The molecule has 3 rings (SSSR count). The third-order valence-corrected chi connectivity index (χ3v) is 6.36. The highest BCUT2D eigenvalue weighted by Crippen LogP contribution is 2.39. The van der Waals surface area contributed by atoms with E-state index in [9.17, 15) is 27.2 Å². The van der Waals surface area contributed by atoms with E-state index < -0.39 is 46.6 Å². The first-order valence-corrected chi connectivity index (χ1v) is 11.3. The molecule has 2 aromatic rings. The molecule has 6 nitrogen and oxygen atoms in total. The lowest BCUT2D eigenvalue weighted by Crippen LogP contribution is -2.46. The number of carbonyl (C=O) groups is 2. The van der Waals surface area contributed by atoms with Gasteiger partial charge in [0.05, 0.1) is 28.9 Å². The van der Waals surface area contributed by atoms with Crippen LogP contribution in [0.3, 0.4) is 0 Å². The quantitative estimate of drug-likeness (QED) is 0.368. The number of nitrogens with zero attached hydrogens (tertiary/aromatic N) is 3. The predicted octanol–water partition coefficient (Wildman–Crippen LogP) is 5.94. The number of thioether (sulfide) groups is 1. The molecule has 1 heterocycles. The number of ether oxygens (including phenoxy) is 1. The summed E-state index contributed by atoms with van der Waals surface area (Å²) >= 11 is 0.769. The number of esters is 1. The van der Waals surface area contributed by atoms with Crippen LogP contribution in [0.1, 0.15) is 55.6 Å². The molecule has 2 aromatic carbocycles. The van der Waals surface area contributed by atoms with Gasteiger partial charge in [-0.2, -0.15) is 23.4 Å². The van der Waals surface area contributed by atoms with Gasteiger partial charge >= 0.3 is 12.1 Å². The van der Waals surface area contributed by atoms with Crippen molar-refractivity contribution in [1.82, 2.24) is 0 Å². The van der Waals surface area contributed by atoms with Crippen molar-refractivity contribution in [2.24, 2.45) is 4.99 Å². The second-order valence-electron chi connectivity index (χ2n) is 8.30. The van der Waals surface area contributed by atoms with Gasteiger partial charge in [0.1, 0.15) is 11.4 Å². The smallest absolute Gasteiger partial charge is 0.417 e. The van der Waals surface area contributed by atoms with Crippen LogP contribution in [0, 0.1) is 17.1 Å². The fourth-order valence-electron chi connectivity index (χ4n) is 3.27. The van der Waals surface area contributed by atoms with E-state index in [-0.39, 0.29) is 21.3 Å². The maximum atomic E-state index is 14.9. The molecule has 0 fully saturated rings. The Bertz CT molecular complexity index is 1250. The first kappa shape index (κ1) is 26.2. The van der Waals surface area contributed by atoms with Gasteiger partial charge in [-0.3, -0.25) is 4.79 Å². The zero-order valence-electron chi connectivity index (χ0n) is 19.2. The van der Waals surface area contributed by atoms with Crippen LogP contribution >= 0.6 is 11.8 Å². The lowest BCUT2D eigenvalue weighted by atomic mass is 10.0. The van der Waals surface area contributed by atoms with Crippen LogP contribution in [-0.4, -0.2) is 28.7 Å². The number of carbonyl (C=O) groups excluding carboxylic acids is 2. The Morgan fingerprint density at radius 2 is 1.94 bits per heavy atom. The summed E-state index contributed by atoms with van der Waals surface area (Å²) in [7, 11) is 0. The number of amidine groups is 1. The molecule has 0 aromatic heterocycles. The van der Waals surface area contributed by atoms with E-state index >= 15 is 0 Å². The Kier molecular flexibility index (Phi) is 7.26. The topological polar surface area (TPSA) is 82.8 Å². The molecule has 0 saturated carbocycles. The molecule has 0 N–H and O–H groups in total. The van der Waals surface area contributed by atoms with Gasteiger partial charge in [0.25, 0.3) is 5.91 Å². The Hall–Kier alpha value is -3.39. The van der Waals surface area contributed by atoms with E-state index in [0.29, 0.717) is 6.42 Å². The van der Waals surface area contributed by atoms with Crippen molar-refractivity contribution in [1.29, 1.82) is 5.26 Å². The summed E-state index contributed by atoms with van der Waals surface area (Å²) in [6, 6.07) is 8.33. The molecule has 184 valence electrons. The molecule has 0 bridgehead atoms. The van der Waals surface area contributed by atoms with Gasteiger partial charge in [-0.25, -0.2) is 9.18 Å². The van der Waals surface area contributed by atoms with E-state index in [2.05, 4.69) is 4.99 Å². The van der Waals surface area contributed by atoms with Crippen molar-refractivity contribution in [2.75, 3.05) is 4.90 Å². The van der Waals surface area contributed by atoms with Gasteiger partial charge < -0.3 is 9.64 Å². The number of anilines is 1. The number of halogens is 4. The number of amides is 1. The number of nitriles is 1. The maximum absolute atomic E-state index is 14.9. The molecule has 1 aliphatic rings. The number of aliphatic imine (C=N–C) groups is 1. The van der Waals surface area contributed by atoms with Crippen LogP contribution < -0.4 is 4.90 Å². The number of benzene rings is 2. The lowest BCUT2D eigenvalue weighted by molar-refractivity contribution is -0.138. The van der Waals surface area contributed by atoms with E-state index in [1.807, 2.05) is 6.92 Å². The zero-order chi connectivity index (χ0) is 26.1. The first-order chi connectivity index (χ1) is 16.3. The molecule has 0 radical (unpaired) electrons. The summed E-state index contributed by atoms with van der Waals surface area (Å²) in [6.07, 6.45) is -4.60. The molecule has 11 heteroatoms. The van der Waals surface area contributed by atoms with E-state index in [4.69, 9.17) is 10.00 Å². The normalized spacial score (nSPS) is 16.0. The van der Waals surface area contributed by atoms with Gasteiger partial charge in [0, 0.05) is 10.6 Å². The van der Waals surface area contributed by atoms with E-state index in [1.165, 1.54) is 43.0 Å². The highest BCUT2D eigenvalue weighted by molar-refractivity contribution is 8.14. The summed E-state index contributed by atoms with van der Waals surface area (Å²) in [5, 5.41) is 9.02. The molecule has 0 aliphatic carbocycles. The molecule has 0 spiro atoms. The molecule has 0 unspecified atom stereocenters. The van der Waals surface area contributed by atoms with Gasteiger partial charge in [-0.1, -0.05) is 18.7 Å². The molecule has 1 aliphatic heterocycles. The van der Waals surface area contributed by atoms with E-state index in [0.717, 1.165) is 30.0 Å². The van der Waals surface area contributed by atoms with Crippen LogP contribution in [-0.2, 0) is 15.7 Å². The van der Waals surface area contributed by atoms with Crippen molar-refractivity contribution >= 4 is 34.5 Å². The number of hydrogen-bond donors (Lipinski definition) is 0. The minimum Gasteiger partial charge on any atom is -0.459 e. The molecular weight excluding hydrogens is 486 g/mol. The lowest BCUT2D eigenvalue weighted by Gasteiger charge is -2.32. The van der Waals surface area contributed by atoms with E-state index in [1.54, 1.807) is 6.92 Å². The van der Waals surface area contributed by atoms with Crippen molar-refractivity contribution < 1.29 is 31.9 Å². The SMILES string of the molecule is CC[C@H](C)OC(=O)c1ccc(N2C(Sc3ccc(C#N)c(C(F)(F)F)c3)=NC(=O)C2(C)C)cc1F. The monoisotopic (exact) mass is 507 g/mol. The van der Waals surface area contributed by atoms with Crippen LogP contribution in [0.15, 0.2) is 46.3 Å². The number of alkyl halides is 3. The van der Waals surface area contributed by atoms with Crippen LogP contribution in [0.25, 0.3) is 0 Å². The Balaban J connectivity index is 1.97. The number of rotatable bonds is 5. The summed E-state index contributed by atoms with van der Waals surface area (Å²) < 4.78 is 60.1. The standard InChI is InChI=1S/C24H21F4N3O3S/c1-5-13(2)34-20(32)17-9-7-15(10-19(17)25)31-22(30-21(33)23(31,3)4)35-16-8-6-14(12-29)18(11-16)24(26,27)28/h6-11,13H,5H2,1-4H3/t13-/m0/s1. The highest BCUT2D eigenvalue weighted by atomic mass is 32.2. The van der Waals surface area contributed by atoms with Crippen molar-refractivity contribution in [2.45, 2.75) is 56.8 Å². The first-order valence-electron chi connectivity index (χ1n) is 10.5. The van der Waals surface area contributed by atoms with Crippen LogP contribution in [0.2, 0.25) is 0 Å². The predicted molar refractivity (Wildman–Crippen MR) is 123 cm³/mol. The molecular formula is C24H21F4N3O3S. The Morgan fingerprint density at radius 1 is 1.26 bits per heavy atom. The largest absolute Gasteiger partial charge is 0.459 e. The fourth-order valence-corrected chi connectivity index (χ4v) is 4.35. The second-order valence-corrected chi connectivity index (χ2v) is 9.34. The third kappa shape index (κ3) is 5.32. The summed E-state index contributed by atoms with van der Waals surface area (Å²) in [4.78, 5) is 30.3.